The first-order valence-corrected chi connectivity index (χ1v) is 10.5. The highest BCUT2D eigenvalue weighted by atomic mass is 79.9. The normalized spacial score (nSPS) is 10.8. The van der Waals surface area contributed by atoms with Crippen LogP contribution in [0.4, 0.5) is 0 Å². The Morgan fingerprint density at radius 3 is 2.54 bits per heavy atom. The lowest BCUT2D eigenvalue weighted by atomic mass is 10.1. The molecule has 0 spiro atoms. The number of carbonyl (C=O) groups is 1. The van der Waals surface area contributed by atoms with Crippen LogP contribution in [-0.4, -0.2) is 26.4 Å². The average molecular weight is 496 g/mol. The third-order valence-electron chi connectivity index (χ3n) is 3.72. The number of benzene rings is 2. The van der Waals surface area contributed by atoms with Gasteiger partial charge in [0.15, 0.2) is 11.6 Å². The Kier molecular flexibility index (Phi) is 6.50. The number of thioether (sulfide) groups is 1. The number of Topliss-reactive ketones (excluding diaryl/α,β-unsaturated/α-hetero) is 1. The molecular formula is C18H16Br2N4OS. The Morgan fingerprint density at radius 2 is 1.81 bits per heavy atom. The first-order valence-electron chi connectivity index (χ1n) is 7.93. The zero-order chi connectivity index (χ0) is 18.5. The summed E-state index contributed by atoms with van der Waals surface area (Å²) in [5, 5.41) is 8.97. The molecule has 134 valence electrons. The minimum absolute atomic E-state index is 0.140. The van der Waals surface area contributed by atoms with Crippen LogP contribution in [0.15, 0.2) is 62.6 Å². The molecular weight excluding hydrogens is 480 g/mol. The lowest BCUT2D eigenvalue weighted by molar-refractivity contribution is 0.0982. The number of hydrogen-bond acceptors (Lipinski definition) is 5. The maximum Gasteiger partial charge on any atom is 0.210 e. The molecule has 0 aliphatic heterocycles. The highest BCUT2D eigenvalue weighted by Crippen LogP contribution is 2.28. The second-order valence-corrected chi connectivity index (χ2v) is 8.37. The molecule has 26 heavy (non-hydrogen) atoms. The Morgan fingerprint density at radius 1 is 1.08 bits per heavy atom. The van der Waals surface area contributed by atoms with Crippen LogP contribution in [-0.2, 0) is 0 Å². The first kappa shape index (κ1) is 19.1. The Labute approximate surface area is 172 Å². The van der Waals surface area contributed by atoms with E-state index >= 15 is 0 Å². The van der Waals surface area contributed by atoms with E-state index in [1.807, 2.05) is 48.5 Å². The van der Waals surface area contributed by atoms with E-state index in [0.29, 0.717) is 17.4 Å². The van der Waals surface area contributed by atoms with Gasteiger partial charge in [-0.2, -0.15) is 0 Å². The van der Waals surface area contributed by atoms with Gasteiger partial charge in [0.05, 0.1) is 0 Å². The summed E-state index contributed by atoms with van der Waals surface area (Å²) in [4.78, 5) is 12.2. The fourth-order valence-electron chi connectivity index (χ4n) is 2.38. The second kappa shape index (κ2) is 8.83. The van der Waals surface area contributed by atoms with Crippen molar-refractivity contribution in [1.29, 1.82) is 0 Å². The minimum atomic E-state index is 0.140. The molecule has 5 nitrogen and oxygen atoms in total. The molecule has 0 aliphatic rings. The van der Waals surface area contributed by atoms with Crippen molar-refractivity contribution in [3.8, 4) is 11.4 Å². The van der Waals surface area contributed by atoms with Gasteiger partial charge in [-0.15, -0.1) is 10.2 Å². The van der Waals surface area contributed by atoms with E-state index in [9.17, 15) is 4.79 Å². The topological polar surface area (TPSA) is 73.8 Å². The summed E-state index contributed by atoms with van der Waals surface area (Å²) in [5.41, 5.74) is 1.62. The van der Waals surface area contributed by atoms with Gasteiger partial charge in [0.25, 0.3) is 0 Å². The lowest BCUT2D eigenvalue weighted by Crippen LogP contribution is -2.12. The summed E-state index contributed by atoms with van der Waals surface area (Å²) in [6.07, 6.45) is 1.24. The van der Waals surface area contributed by atoms with Crippen LogP contribution < -0.4 is 5.84 Å². The molecule has 0 radical (unpaired) electrons. The fraction of sp³-hybridized carbons (Fsp3) is 0.167. The number of aromatic nitrogens is 3. The summed E-state index contributed by atoms with van der Waals surface area (Å²) in [6.45, 7) is 0. The van der Waals surface area contributed by atoms with Crippen molar-refractivity contribution < 1.29 is 4.79 Å². The highest BCUT2D eigenvalue weighted by molar-refractivity contribution is 9.10. The van der Waals surface area contributed by atoms with E-state index in [4.69, 9.17) is 5.84 Å². The number of hydrogen-bond donors (Lipinski definition) is 1. The summed E-state index contributed by atoms with van der Waals surface area (Å²) in [5.74, 6) is 7.62. The summed E-state index contributed by atoms with van der Waals surface area (Å²) in [6, 6.07) is 15.1. The number of halogens is 2. The summed E-state index contributed by atoms with van der Waals surface area (Å²) < 4.78 is 3.37. The van der Waals surface area contributed by atoms with Gasteiger partial charge >= 0.3 is 0 Å². The third kappa shape index (κ3) is 4.55. The van der Waals surface area contributed by atoms with Gasteiger partial charge in [0.2, 0.25) is 5.16 Å². The molecule has 1 heterocycles. The van der Waals surface area contributed by atoms with Crippen molar-refractivity contribution in [2.24, 2.45) is 0 Å². The predicted octanol–water partition coefficient (Wildman–Crippen LogP) is 4.94. The molecule has 3 aromatic rings. The van der Waals surface area contributed by atoms with Crippen molar-refractivity contribution >= 4 is 49.4 Å². The van der Waals surface area contributed by atoms with E-state index in [1.54, 1.807) is 0 Å². The van der Waals surface area contributed by atoms with Crippen molar-refractivity contribution in [2.75, 3.05) is 11.6 Å². The number of carbonyl (C=O) groups excluding carboxylic acids is 1. The molecule has 0 fully saturated rings. The molecule has 0 saturated carbocycles. The van der Waals surface area contributed by atoms with Crippen LogP contribution in [0.25, 0.3) is 11.4 Å². The second-order valence-electron chi connectivity index (χ2n) is 5.54. The van der Waals surface area contributed by atoms with Gasteiger partial charge in [-0.3, -0.25) is 4.79 Å². The molecule has 0 amide bonds. The Bertz CT molecular complexity index is 912. The lowest BCUT2D eigenvalue weighted by Gasteiger charge is -2.05. The molecule has 0 bridgehead atoms. The maximum absolute atomic E-state index is 12.2. The van der Waals surface area contributed by atoms with Gasteiger partial charge in [0, 0.05) is 32.2 Å². The summed E-state index contributed by atoms with van der Waals surface area (Å²) in [7, 11) is 0. The molecule has 1 aromatic heterocycles. The van der Waals surface area contributed by atoms with Gasteiger partial charge < -0.3 is 5.84 Å². The fourth-order valence-corrected chi connectivity index (χ4v) is 3.90. The zero-order valence-corrected chi connectivity index (χ0v) is 17.7. The van der Waals surface area contributed by atoms with Crippen molar-refractivity contribution in [2.45, 2.75) is 18.0 Å². The van der Waals surface area contributed by atoms with E-state index in [-0.39, 0.29) is 5.78 Å². The number of rotatable bonds is 7. The smallest absolute Gasteiger partial charge is 0.210 e. The standard InChI is InChI=1S/C18H16Br2N4OS/c19-13-9-7-12(8-10-13)16(25)6-3-11-26-18-23-22-17(24(18)21)14-4-1-2-5-15(14)20/h1-2,4-5,7-10H,3,6,11,21H2. The average Bonchev–Trinajstić information content (AvgIpc) is 3.00. The van der Waals surface area contributed by atoms with Crippen molar-refractivity contribution in [1.82, 2.24) is 14.9 Å². The Hall–Kier alpha value is -1.64. The molecule has 8 heteroatoms. The maximum atomic E-state index is 12.2. The van der Waals surface area contributed by atoms with Crippen LogP contribution in [0.3, 0.4) is 0 Å². The van der Waals surface area contributed by atoms with Crippen LogP contribution in [0, 0.1) is 0 Å². The van der Waals surface area contributed by atoms with Gasteiger partial charge in [-0.25, -0.2) is 4.68 Å². The van der Waals surface area contributed by atoms with E-state index < -0.39 is 0 Å². The predicted molar refractivity (Wildman–Crippen MR) is 112 cm³/mol. The van der Waals surface area contributed by atoms with Crippen LogP contribution in [0.5, 0.6) is 0 Å². The first-order chi connectivity index (χ1) is 12.6. The molecule has 2 aromatic carbocycles. The van der Waals surface area contributed by atoms with E-state index in [0.717, 1.165) is 32.2 Å². The zero-order valence-electron chi connectivity index (χ0n) is 13.7. The largest absolute Gasteiger partial charge is 0.335 e. The number of ketones is 1. The SMILES string of the molecule is Nn1c(SCCCC(=O)c2ccc(Br)cc2)nnc1-c1ccccc1Br. The third-order valence-corrected chi connectivity index (χ3v) is 5.97. The molecule has 0 unspecified atom stereocenters. The van der Waals surface area contributed by atoms with Crippen molar-refractivity contribution in [3.05, 3.63) is 63.0 Å². The number of nitrogen functional groups attached to an aromatic ring is 1. The molecule has 0 aliphatic carbocycles. The molecule has 3 rings (SSSR count). The van der Waals surface area contributed by atoms with Crippen LogP contribution in [0.1, 0.15) is 23.2 Å². The van der Waals surface area contributed by atoms with Gasteiger partial charge in [-0.1, -0.05) is 67.9 Å². The molecule has 0 atom stereocenters. The monoisotopic (exact) mass is 494 g/mol. The summed E-state index contributed by atoms with van der Waals surface area (Å²) >= 11 is 8.37. The minimum Gasteiger partial charge on any atom is -0.335 e. The number of nitrogens with zero attached hydrogens (tertiary/aromatic N) is 3. The van der Waals surface area contributed by atoms with E-state index in [2.05, 4.69) is 42.1 Å². The van der Waals surface area contributed by atoms with Crippen LogP contribution >= 0.6 is 43.6 Å². The molecule has 0 saturated heterocycles. The number of nitrogens with two attached hydrogens (primary N) is 1. The van der Waals surface area contributed by atoms with Crippen LogP contribution in [0.2, 0.25) is 0 Å². The molecule has 2 N–H and O–H groups in total. The van der Waals surface area contributed by atoms with Crippen molar-refractivity contribution in [3.63, 3.8) is 0 Å². The van der Waals surface area contributed by atoms with E-state index in [1.165, 1.54) is 16.4 Å². The van der Waals surface area contributed by atoms with Gasteiger partial charge in [0.1, 0.15) is 0 Å². The van der Waals surface area contributed by atoms with Gasteiger partial charge in [-0.05, 0) is 30.7 Å². The quantitative estimate of drug-likeness (QED) is 0.217. The Balaban J connectivity index is 1.55. The highest BCUT2D eigenvalue weighted by Gasteiger charge is 2.14.